The van der Waals surface area contributed by atoms with Gasteiger partial charge in [-0.3, -0.25) is 4.79 Å². The SMILES string of the molecule is Cc1ccccc1OC(=O)CCC(C)CCS. The van der Waals surface area contributed by atoms with Gasteiger partial charge in [0, 0.05) is 6.42 Å². The van der Waals surface area contributed by atoms with Crippen molar-refractivity contribution in [1.82, 2.24) is 0 Å². The summed E-state index contributed by atoms with van der Waals surface area (Å²) in [4.78, 5) is 11.6. The van der Waals surface area contributed by atoms with E-state index < -0.39 is 0 Å². The minimum absolute atomic E-state index is 0.148. The van der Waals surface area contributed by atoms with Crippen LogP contribution in [0.3, 0.4) is 0 Å². The number of hydrogen-bond donors (Lipinski definition) is 1. The molecule has 17 heavy (non-hydrogen) atoms. The Bertz CT molecular complexity index is 363. The molecule has 2 nitrogen and oxygen atoms in total. The van der Waals surface area contributed by atoms with E-state index in [1.165, 1.54) is 0 Å². The number of esters is 1. The van der Waals surface area contributed by atoms with Crippen molar-refractivity contribution in [1.29, 1.82) is 0 Å². The molecule has 0 radical (unpaired) electrons. The van der Waals surface area contributed by atoms with Crippen LogP contribution in [0.25, 0.3) is 0 Å². The van der Waals surface area contributed by atoms with Crippen LogP contribution < -0.4 is 4.74 Å². The number of rotatable bonds is 6. The van der Waals surface area contributed by atoms with Gasteiger partial charge in [0.05, 0.1) is 0 Å². The first kappa shape index (κ1) is 14.1. The molecule has 0 saturated carbocycles. The van der Waals surface area contributed by atoms with E-state index in [9.17, 15) is 4.79 Å². The minimum Gasteiger partial charge on any atom is -0.426 e. The molecule has 0 aliphatic heterocycles. The molecule has 1 aromatic carbocycles. The molecule has 3 heteroatoms. The van der Waals surface area contributed by atoms with Crippen LogP contribution in [-0.2, 0) is 4.79 Å². The Morgan fingerprint density at radius 3 is 2.71 bits per heavy atom. The molecule has 94 valence electrons. The molecule has 0 amide bonds. The largest absolute Gasteiger partial charge is 0.426 e. The van der Waals surface area contributed by atoms with E-state index >= 15 is 0 Å². The second kappa shape index (κ2) is 7.38. The van der Waals surface area contributed by atoms with Crippen molar-refractivity contribution in [3.05, 3.63) is 29.8 Å². The summed E-state index contributed by atoms with van der Waals surface area (Å²) in [5.74, 6) is 1.91. The van der Waals surface area contributed by atoms with E-state index in [1.54, 1.807) is 0 Å². The number of thiol groups is 1. The zero-order valence-corrected chi connectivity index (χ0v) is 11.4. The van der Waals surface area contributed by atoms with Crippen LogP contribution >= 0.6 is 12.6 Å². The number of carbonyl (C=O) groups excluding carboxylic acids is 1. The van der Waals surface area contributed by atoms with Crippen LogP contribution in [-0.4, -0.2) is 11.7 Å². The summed E-state index contributed by atoms with van der Waals surface area (Å²) in [6, 6.07) is 7.57. The number of aryl methyl sites for hydroxylation is 1. The first-order valence-corrected chi connectivity index (χ1v) is 6.64. The topological polar surface area (TPSA) is 26.3 Å². The third-order valence-corrected chi connectivity index (χ3v) is 3.04. The van der Waals surface area contributed by atoms with Crippen molar-refractivity contribution >= 4 is 18.6 Å². The molecule has 0 aromatic heterocycles. The van der Waals surface area contributed by atoms with E-state index in [-0.39, 0.29) is 5.97 Å². The fraction of sp³-hybridized carbons (Fsp3) is 0.500. The van der Waals surface area contributed by atoms with Crippen LogP contribution in [0.2, 0.25) is 0 Å². The van der Waals surface area contributed by atoms with Crippen LogP contribution in [0, 0.1) is 12.8 Å². The molecule has 0 heterocycles. The summed E-state index contributed by atoms with van der Waals surface area (Å²) in [6.45, 7) is 4.07. The lowest BCUT2D eigenvalue weighted by Crippen LogP contribution is -2.10. The van der Waals surface area contributed by atoms with E-state index in [0.717, 1.165) is 24.2 Å². The van der Waals surface area contributed by atoms with Gasteiger partial charge >= 0.3 is 5.97 Å². The predicted molar refractivity (Wildman–Crippen MR) is 73.7 cm³/mol. The van der Waals surface area contributed by atoms with Gasteiger partial charge in [-0.25, -0.2) is 0 Å². The van der Waals surface area contributed by atoms with Crippen molar-refractivity contribution < 1.29 is 9.53 Å². The number of carbonyl (C=O) groups is 1. The highest BCUT2D eigenvalue weighted by molar-refractivity contribution is 7.80. The summed E-state index contributed by atoms with van der Waals surface area (Å²) in [5.41, 5.74) is 0.990. The van der Waals surface area contributed by atoms with Gasteiger partial charge in [0.15, 0.2) is 0 Å². The summed E-state index contributed by atoms with van der Waals surface area (Å²) < 4.78 is 5.32. The molecule has 0 aliphatic rings. The van der Waals surface area contributed by atoms with Crippen LogP contribution in [0.5, 0.6) is 5.75 Å². The van der Waals surface area contributed by atoms with E-state index in [4.69, 9.17) is 4.74 Å². The second-order valence-electron chi connectivity index (χ2n) is 4.40. The molecule has 1 atom stereocenters. The lowest BCUT2D eigenvalue weighted by Gasteiger charge is -2.10. The van der Waals surface area contributed by atoms with Crippen molar-refractivity contribution in [3.63, 3.8) is 0 Å². The van der Waals surface area contributed by atoms with Crippen molar-refractivity contribution in [2.45, 2.75) is 33.1 Å². The molecule has 1 rings (SSSR count). The molecular formula is C14H20O2S. The number of ether oxygens (including phenoxy) is 1. The third-order valence-electron chi connectivity index (χ3n) is 2.78. The molecule has 1 aromatic rings. The average Bonchev–Trinajstić information content (AvgIpc) is 2.30. The number of hydrogen-bond acceptors (Lipinski definition) is 3. The van der Waals surface area contributed by atoms with E-state index in [2.05, 4.69) is 19.6 Å². The lowest BCUT2D eigenvalue weighted by molar-refractivity contribution is -0.134. The van der Waals surface area contributed by atoms with Gasteiger partial charge in [-0.05, 0) is 43.1 Å². The molecule has 0 saturated heterocycles. The monoisotopic (exact) mass is 252 g/mol. The highest BCUT2D eigenvalue weighted by Crippen LogP contribution is 2.18. The van der Waals surface area contributed by atoms with Crippen molar-refractivity contribution in [3.8, 4) is 5.75 Å². The maximum Gasteiger partial charge on any atom is 0.311 e. The average molecular weight is 252 g/mol. The van der Waals surface area contributed by atoms with Gasteiger partial charge in [0.1, 0.15) is 5.75 Å². The van der Waals surface area contributed by atoms with Gasteiger partial charge in [-0.1, -0.05) is 25.1 Å². The highest BCUT2D eigenvalue weighted by Gasteiger charge is 2.09. The standard InChI is InChI=1S/C14H20O2S/c1-11(9-10-17)7-8-14(15)16-13-6-4-3-5-12(13)2/h3-6,11,17H,7-10H2,1-2H3. The van der Waals surface area contributed by atoms with Crippen molar-refractivity contribution in [2.75, 3.05) is 5.75 Å². The fourth-order valence-corrected chi connectivity index (χ4v) is 2.01. The molecular weight excluding hydrogens is 232 g/mol. The Balaban J connectivity index is 2.37. The molecule has 0 N–H and O–H groups in total. The quantitative estimate of drug-likeness (QED) is 0.475. The number of para-hydroxylation sites is 1. The molecule has 0 aliphatic carbocycles. The van der Waals surface area contributed by atoms with Gasteiger partial charge in [0.25, 0.3) is 0 Å². The Hall–Kier alpha value is -0.960. The Labute approximate surface area is 109 Å². The lowest BCUT2D eigenvalue weighted by atomic mass is 10.0. The number of benzene rings is 1. The molecule has 1 unspecified atom stereocenters. The van der Waals surface area contributed by atoms with Gasteiger partial charge < -0.3 is 4.74 Å². The maximum atomic E-state index is 11.6. The van der Waals surface area contributed by atoms with Gasteiger partial charge in [-0.2, -0.15) is 12.6 Å². The van der Waals surface area contributed by atoms with E-state index in [0.29, 0.717) is 18.1 Å². The van der Waals surface area contributed by atoms with Crippen LogP contribution in [0.4, 0.5) is 0 Å². The normalized spacial score (nSPS) is 12.2. The zero-order valence-electron chi connectivity index (χ0n) is 10.5. The smallest absolute Gasteiger partial charge is 0.311 e. The summed E-state index contributed by atoms with van der Waals surface area (Å²) >= 11 is 4.18. The fourth-order valence-electron chi connectivity index (χ4n) is 1.57. The summed E-state index contributed by atoms with van der Waals surface area (Å²) in [5, 5.41) is 0. The highest BCUT2D eigenvalue weighted by atomic mass is 32.1. The van der Waals surface area contributed by atoms with Gasteiger partial charge in [-0.15, -0.1) is 0 Å². The zero-order chi connectivity index (χ0) is 12.7. The summed E-state index contributed by atoms with van der Waals surface area (Å²) in [7, 11) is 0. The first-order valence-electron chi connectivity index (χ1n) is 6.00. The Morgan fingerprint density at radius 1 is 1.35 bits per heavy atom. The summed E-state index contributed by atoms with van der Waals surface area (Å²) in [6.07, 6.45) is 2.38. The predicted octanol–water partition coefficient (Wildman–Crippen LogP) is 3.64. The Morgan fingerprint density at radius 2 is 2.06 bits per heavy atom. The van der Waals surface area contributed by atoms with Crippen LogP contribution in [0.15, 0.2) is 24.3 Å². The third kappa shape index (κ3) is 5.26. The van der Waals surface area contributed by atoms with Crippen molar-refractivity contribution in [2.24, 2.45) is 5.92 Å². The Kier molecular flexibility index (Phi) is 6.12. The molecule has 0 bridgehead atoms. The minimum atomic E-state index is -0.148. The van der Waals surface area contributed by atoms with Gasteiger partial charge in [0.2, 0.25) is 0 Å². The first-order chi connectivity index (χ1) is 8.13. The molecule has 0 fully saturated rings. The molecule has 0 spiro atoms. The second-order valence-corrected chi connectivity index (χ2v) is 4.84. The van der Waals surface area contributed by atoms with Crippen LogP contribution in [0.1, 0.15) is 31.7 Å². The maximum absolute atomic E-state index is 11.6. The van der Waals surface area contributed by atoms with E-state index in [1.807, 2.05) is 31.2 Å².